The normalized spacial score (nSPS) is 10.2. The van der Waals surface area contributed by atoms with Gasteiger partial charge in [-0.05, 0) is 36.8 Å². The van der Waals surface area contributed by atoms with E-state index in [0.717, 1.165) is 6.42 Å². The molecule has 0 heterocycles. The number of aromatic carboxylic acids is 1. The standard InChI is InChI=1S/C16H15ClO4/c1-2-9-20-14-5-3-4-6-15(14)21-13-8-7-11(17)10-12(13)16(18)19/h3-8,10H,2,9H2,1H3,(H,18,19). The molecule has 2 rings (SSSR count). The highest BCUT2D eigenvalue weighted by Gasteiger charge is 2.14. The number of ether oxygens (including phenoxy) is 2. The number of rotatable bonds is 6. The smallest absolute Gasteiger partial charge is 0.339 e. The minimum Gasteiger partial charge on any atom is -0.490 e. The van der Waals surface area contributed by atoms with Crippen molar-refractivity contribution in [3.05, 3.63) is 53.1 Å². The lowest BCUT2D eigenvalue weighted by Gasteiger charge is -2.13. The fourth-order valence-corrected chi connectivity index (χ4v) is 1.91. The van der Waals surface area contributed by atoms with Gasteiger partial charge in [-0.2, -0.15) is 0 Å². The quantitative estimate of drug-likeness (QED) is 0.846. The van der Waals surface area contributed by atoms with E-state index in [2.05, 4.69) is 0 Å². The van der Waals surface area contributed by atoms with Gasteiger partial charge >= 0.3 is 5.97 Å². The number of carbonyl (C=O) groups is 1. The first-order valence-electron chi connectivity index (χ1n) is 6.54. The minimum atomic E-state index is -1.10. The molecule has 0 aliphatic rings. The maximum Gasteiger partial charge on any atom is 0.339 e. The Balaban J connectivity index is 2.32. The van der Waals surface area contributed by atoms with Gasteiger partial charge in [0.1, 0.15) is 11.3 Å². The van der Waals surface area contributed by atoms with Gasteiger partial charge in [0.15, 0.2) is 11.5 Å². The highest BCUT2D eigenvalue weighted by atomic mass is 35.5. The summed E-state index contributed by atoms with van der Waals surface area (Å²) in [7, 11) is 0. The van der Waals surface area contributed by atoms with Gasteiger partial charge < -0.3 is 14.6 Å². The van der Waals surface area contributed by atoms with Crippen LogP contribution in [0.2, 0.25) is 5.02 Å². The van der Waals surface area contributed by atoms with Crippen LogP contribution in [0.4, 0.5) is 0 Å². The summed E-state index contributed by atoms with van der Waals surface area (Å²) in [4.78, 5) is 11.3. The molecule has 0 unspecified atom stereocenters. The van der Waals surface area contributed by atoms with E-state index in [0.29, 0.717) is 23.1 Å². The zero-order chi connectivity index (χ0) is 15.2. The van der Waals surface area contributed by atoms with Gasteiger partial charge in [0.25, 0.3) is 0 Å². The Labute approximate surface area is 127 Å². The first-order valence-corrected chi connectivity index (χ1v) is 6.92. The Morgan fingerprint density at radius 1 is 1.14 bits per heavy atom. The lowest BCUT2D eigenvalue weighted by atomic mass is 10.2. The highest BCUT2D eigenvalue weighted by molar-refractivity contribution is 6.31. The van der Waals surface area contributed by atoms with Crippen molar-refractivity contribution in [2.24, 2.45) is 0 Å². The number of carboxylic acid groups (broad SMARTS) is 1. The molecule has 2 aromatic rings. The number of hydrogen-bond acceptors (Lipinski definition) is 3. The van der Waals surface area contributed by atoms with Crippen molar-refractivity contribution in [1.29, 1.82) is 0 Å². The third-order valence-electron chi connectivity index (χ3n) is 2.70. The number of benzene rings is 2. The molecule has 0 aliphatic carbocycles. The molecule has 5 heteroatoms. The second-order valence-electron chi connectivity index (χ2n) is 4.34. The predicted molar refractivity (Wildman–Crippen MR) is 80.7 cm³/mol. The summed E-state index contributed by atoms with van der Waals surface area (Å²) in [5.41, 5.74) is 0.00722. The first-order chi connectivity index (χ1) is 10.1. The van der Waals surface area contributed by atoms with Crippen LogP contribution in [-0.4, -0.2) is 17.7 Å². The van der Waals surface area contributed by atoms with Crippen LogP contribution in [0.3, 0.4) is 0 Å². The molecule has 21 heavy (non-hydrogen) atoms. The fourth-order valence-electron chi connectivity index (χ4n) is 1.74. The van der Waals surface area contributed by atoms with E-state index in [4.69, 9.17) is 21.1 Å². The van der Waals surface area contributed by atoms with E-state index < -0.39 is 5.97 Å². The Hall–Kier alpha value is -2.20. The van der Waals surface area contributed by atoms with Crippen LogP contribution in [0.15, 0.2) is 42.5 Å². The second-order valence-corrected chi connectivity index (χ2v) is 4.78. The summed E-state index contributed by atoms with van der Waals surface area (Å²) in [6.45, 7) is 2.57. The topological polar surface area (TPSA) is 55.8 Å². The third kappa shape index (κ3) is 3.89. The van der Waals surface area contributed by atoms with Crippen molar-refractivity contribution in [2.75, 3.05) is 6.61 Å². The summed E-state index contributed by atoms with van der Waals surface area (Å²) < 4.78 is 11.3. The molecule has 0 radical (unpaired) electrons. The summed E-state index contributed by atoms with van der Waals surface area (Å²) in [5, 5.41) is 9.55. The van der Waals surface area contributed by atoms with Crippen LogP contribution in [-0.2, 0) is 0 Å². The summed E-state index contributed by atoms with van der Waals surface area (Å²) in [6, 6.07) is 11.6. The molecule has 0 aliphatic heterocycles. The molecule has 0 saturated heterocycles. The van der Waals surface area contributed by atoms with Crippen LogP contribution in [0.5, 0.6) is 17.2 Å². The highest BCUT2D eigenvalue weighted by Crippen LogP contribution is 2.34. The van der Waals surface area contributed by atoms with E-state index in [9.17, 15) is 9.90 Å². The molecule has 0 amide bonds. The number of para-hydroxylation sites is 2. The molecule has 0 bridgehead atoms. The molecule has 110 valence electrons. The number of halogens is 1. The Bertz CT molecular complexity index is 640. The third-order valence-corrected chi connectivity index (χ3v) is 2.94. The van der Waals surface area contributed by atoms with E-state index in [1.165, 1.54) is 12.1 Å². The van der Waals surface area contributed by atoms with Crippen LogP contribution >= 0.6 is 11.6 Å². The van der Waals surface area contributed by atoms with E-state index in [1.807, 2.05) is 13.0 Å². The molecule has 0 atom stereocenters. The number of hydrogen-bond donors (Lipinski definition) is 1. The predicted octanol–water partition coefficient (Wildman–Crippen LogP) is 4.62. The Kier molecular flexibility index (Phi) is 5.06. The van der Waals surface area contributed by atoms with Crippen molar-refractivity contribution >= 4 is 17.6 Å². The van der Waals surface area contributed by atoms with E-state index >= 15 is 0 Å². The second kappa shape index (κ2) is 6.99. The zero-order valence-electron chi connectivity index (χ0n) is 11.5. The summed E-state index contributed by atoms with van der Waals surface area (Å²) in [5.74, 6) is 0.167. The molecule has 1 N–H and O–H groups in total. The van der Waals surface area contributed by atoms with Gasteiger partial charge in [0, 0.05) is 5.02 Å². The van der Waals surface area contributed by atoms with Gasteiger partial charge in [0.2, 0.25) is 0 Å². The van der Waals surface area contributed by atoms with Gasteiger partial charge in [-0.25, -0.2) is 4.79 Å². The monoisotopic (exact) mass is 306 g/mol. The van der Waals surface area contributed by atoms with Crippen molar-refractivity contribution in [2.45, 2.75) is 13.3 Å². The lowest BCUT2D eigenvalue weighted by molar-refractivity contribution is 0.0694. The molecular weight excluding hydrogens is 292 g/mol. The molecule has 0 fully saturated rings. The minimum absolute atomic E-state index is 0.00722. The van der Waals surface area contributed by atoms with Crippen LogP contribution < -0.4 is 9.47 Å². The molecular formula is C16H15ClO4. The average molecular weight is 307 g/mol. The van der Waals surface area contributed by atoms with Gasteiger partial charge in [-0.1, -0.05) is 30.7 Å². The van der Waals surface area contributed by atoms with Gasteiger partial charge in [-0.3, -0.25) is 0 Å². The van der Waals surface area contributed by atoms with Crippen LogP contribution in [0.25, 0.3) is 0 Å². The molecule has 0 aromatic heterocycles. The maximum absolute atomic E-state index is 11.3. The largest absolute Gasteiger partial charge is 0.490 e. The van der Waals surface area contributed by atoms with Crippen LogP contribution in [0, 0.1) is 0 Å². The Morgan fingerprint density at radius 3 is 2.52 bits per heavy atom. The SMILES string of the molecule is CCCOc1ccccc1Oc1ccc(Cl)cc1C(=O)O. The molecule has 0 saturated carbocycles. The van der Waals surface area contributed by atoms with E-state index in [-0.39, 0.29) is 11.3 Å². The van der Waals surface area contributed by atoms with Crippen molar-refractivity contribution in [3.8, 4) is 17.2 Å². The number of carboxylic acids is 1. The van der Waals surface area contributed by atoms with Crippen molar-refractivity contribution in [3.63, 3.8) is 0 Å². The lowest BCUT2D eigenvalue weighted by Crippen LogP contribution is -2.01. The summed E-state index contributed by atoms with van der Waals surface area (Å²) in [6.07, 6.45) is 0.871. The van der Waals surface area contributed by atoms with Gasteiger partial charge in [0.05, 0.1) is 6.61 Å². The summed E-state index contributed by atoms with van der Waals surface area (Å²) >= 11 is 5.82. The average Bonchev–Trinajstić information content (AvgIpc) is 2.48. The molecule has 4 nitrogen and oxygen atoms in total. The first kappa shape index (κ1) is 15.2. The molecule has 0 spiro atoms. The van der Waals surface area contributed by atoms with Crippen molar-refractivity contribution in [1.82, 2.24) is 0 Å². The Morgan fingerprint density at radius 2 is 1.86 bits per heavy atom. The van der Waals surface area contributed by atoms with E-state index in [1.54, 1.807) is 24.3 Å². The van der Waals surface area contributed by atoms with Crippen LogP contribution in [0.1, 0.15) is 23.7 Å². The van der Waals surface area contributed by atoms with Crippen molar-refractivity contribution < 1.29 is 19.4 Å². The fraction of sp³-hybridized carbons (Fsp3) is 0.188. The zero-order valence-corrected chi connectivity index (χ0v) is 12.3. The molecule has 2 aromatic carbocycles. The van der Waals surface area contributed by atoms with Gasteiger partial charge in [-0.15, -0.1) is 0 Å². The maximum atomic E-state index is 11.3.